The fraction of sp³-hybridized carbons (Fsp3) is 0.538. The Morgan fingerprint density at radius 2 is 2.21 bits per heavy atom. The van der Waals surface area contributed by atoms with Crippen LogP contribution in [0, 0.1) is 5.41 Å². The van der Waals surface area contributed by atoms with Gasteiger partial charge in [-0.25, -0.2) is 0 Å². The van der Waals surface area contributed by atoms with Crippen molar-refractivity contribution in [1.29, 1.82) is 5.41 Å². The number of aromatic nitrogens is 1. The highest BCUT2D eigenvalue weighted by Gasteiger charge is 2.06. The molecule has 0 bridgehead atoms. The Morgan fingerprint density at radius 3 is 2.84 bits per heavy atom. The highest BCUT2D eigenvalue weighted by atomic mass is 16.5. The maximum absolute atomic E-state index is 11.6. The first-order valence-corrected chi connectivity index (χ1v) is 6.33. The van der Waals surface area contributed by atoms with Crippen LogP contribution in [0.2, 0.25) is 0 Å². The molecule has 106 valence electrons. The minimum absolute atomic E-state index is 0.000703. The number of ether oxygens (including phenoxy) is 1. The number of hydrogen-bond acceptors (Lipinski definition) is 4. The SMILES string of the molecule is COCCN(CCC(=N)N)CCn1ccccc1=O. The summed E-state index contributed by atoms with van der Waals surface area (Å²) in [6, 6.07) is 5.13. The van der Waals surface area contributed by atoms with Gasteiger partial charge in [-0.1, -0.05) is 6.07 Å². The fourth-order valence-corrected chi connectivity index (χ4v) is 1.73. The van der Waals surface area contributed by atoms with E-state index in [9.17, 15) is 4.79 Å². The lowest BCUT2D eigenvalue weighted by atomic mass is 10.3. The second-order valence-corrected chi connectivity index (χ2v) is 4.34. The molecule has 3 N–H and O–H groups in total. The molecule has 0 saturated heterocycles. The van der Waals surface area contributed by atoms with Crippen LogP contribution in [0.5, 0.6) is 0 Å². The summed E-state index contributed by atoms with van der Waals surface area (Å²) in [6.45, 7) is 3.47. The first-order valence-electron chi connectivity index (χ1n) is 6.33. The Kier molecular flexibility index (Phi) is 6.84. The molecule has 0 aromatic carbocycles. The standard InChI is InChI=1S/C13H22N4O2/c1-19-11-10-16(7-5-12(14)15)8-9-17-6-3-2-4-13(17)18/h2-4,6H,5,7-11H2,1H3,(H3,14,15). The van der Waals surface area contributed by atoms with Crippen LogP contribution in [0.25, 0.3) is 0 Å². The molecule has 0 amide bonds. The summed E-state index contributed by atoms with van der Waals surface area (Å²) in [7, 11) is 1.66. The van der Waals surface area contributed by atoms with Gasteiger partial charge >= 0.3 is 0 Å². The molecule has 0 fully saturated rings. The number of nitrogens with one attached hydrogen (secondary N) is 1. The Bertz CT molecular complexity index is 444. The smallest absolute Gasteiger partial charge is 0.250 e. The maximum atomic E-state index is 11.6. The van der Waals surface area contributed by atoms with Crippen molar-refractivity contribution in [1.82, 2.24) is 9.47 Å². The average molecular weight is 266 g/mol. The average Bonchev–Trinajstić information content (AvgIpc) is 2.39. The van der Waals surface area contributed by atoms with E-state index in [1.54, 1.807) is 30.0 Å². The second-order valence-electron chi connectivity index (χ2n) is 4.34. The van der Waals surface area contributed by atoms with Gasteiger partial charge in [0.15, 0.2) is 0 Å². The summed E-state index contributed by atoms with van der Waals surface area (Å²) in [4.78, 5) is 13.7. The van der Waals surface area contributed by atoms with Crippen molar-refractivity contribution >= 4 is 5.84 Å². The van der Waals surface area contributed by atoms with Crippen LogP contribution in [-0.4, -0.2) is 48.7 Å². The molecular formula is C13H22N4O2. The summed E-state index contributed by atoms with van der Waals surface area (Å²) in [5.74, 6) is 0.180. The van der Waals surface area contributed by atoms with Gasteiger partial charge in [-0.3, -0.25) is 15.1 Å². The van der Waals surface area contributed by atoms with Crippen molar-refractivity contribution < 1.29 is 4.74 Å². The quantitative estimate of drug-likeness (QED) is 0.491. The molecule has 0 unspecified atom stereocenters. The number of hydrogen-bond donors (Lipinski definition) is 2. The molecule has 0 spiro atoms. The third-order valence-electron chi connectivity index (χ3n) is 2.87. The molecule has 19 heavy (non-hydrogen) atoms. The van der Waals surface area contributed by atoms with Crippen LogP contribution in [0.3, 0.4) is 0 Å². The molecular weight excluding hydrogens is 244 g/mol. The van der Waals surface area contributed by atoms with Crippen molar-refractivity contribution in [3.05, 3.63) is 34.7 Å². The Hall–Kier alpha value is -1.66. The van der Waals surface area contributed by atoms with Crippen LogP contribution in [0.1, 0.15) is 6.42 Å². The molecule has 1 aromatic rings. The van der Waals surface area contributed by atoms with Gasteiger partial charge in [0, 0.05) is 52.0 Å². The number of nitrogens with two attached hydrogens (primary N) is 1. The van der Waals surface area contributed by atoms with E-state index in [0.717, 1.165) is 13.1 Å². The van der Waals surface area contributed by atoms with Crippen LogP contribution in [-0.2, 0) is 11.3 Å². The summed E-state index contributed by atoms with van der Waals surface area (Å²) < 4.78 is 6.73. The van der Waals surface area contributed by atoms with E-state index < -0.39 is 0 Å². The lowest BCUT2D eigenvalue weighted by molar-refractivity contribution is 0.146. The minimum atomic E-state index is 0.000703. The monoisotopic (exact) mass is 266 g/mol. The molecule has 0 atom stereocenters. The molecule has 1 aromatic heterocycles. The van der Waals surface area contributed by atoms with E-state index in [2.05, 4.69) is 4.90 Å². The Morgan fingerprint density at radius 1 is 1.42 bits per heavy atom. The number of amidine groups is 1. The number of nitrogens with zero attached hydrogens (tertiary/aromatic N) is 2. The van der Waals surface area contributed by atoms with E-state index in [-0.39, 0.29) is 11.4 Å². The maximum Gasteiger partial charge on any atom is 0.250 e. The van der Waals surface area contributed by atoms with Crippen molar-refractivity contribution in [3.8, 4) is 0 Å². The van der Waals surface area contributed by atoms with Gasteiger partial charge in [0.1, 0.15) is 0 Å². The van der Waals surface area contributed by atoms with Gasteiger partial charge in [-0.05, 0) is 6.07 Å². The van der Waals surface area contributed by atoms with Crippen molar-refractivity contribution in [3.63, 3.8) is 0 Å². The normalized spacial score (nSPS) is 10.8. The van der Waals surface area contributed by atoms with Gasteiger partial charge in [0.05, 0.1) is 12.4 Å². The van der Waals surface area contributed by atoms with E-state index in [4.69, 9.17) is 15.9 Å². The first-order chi connectivity index (χ1) is 9.13. The zero-order valence-corrected chi connectivity index (χ0v) is 11.3. The second kappa shape index (κ2) is 8.44. The third kappa shape index (κ3) is 6.17. The molecule has 6 heteroatoms. The van der Waals surface area contributed by atoms with Crippen molar-refractivity contribution in [2.45, 2.75) is 13.0 Å². The molecule has 0 aliphatic carbocycles. The van der Waals surface area contributed by atoms with Crippen molar-refractivity contribution in [2.24, 2.45) is 5.73 Å². The topological polar surface area (TPSA) is 84.3 Å². The van der Waals surface area contributed by atoms with Gasteiger partial charge in [0.2, 0.25) is 0 Å². The van der Waals surface area contributed by atoms with Gasteiger partial charge in [-0.15, -0.1) is 0 Å². The number of pyridine rings is 1. The number of rotatable bonds is 9. The predicted octanol–water partition coefficient (Wildman–Crippen LogP) is 0.123. The summed E-state index contributed by atoms with van der Waals surface area (Å²) in [5, 5.41) is 7.26. The molecule has 6 nitrogen and oxygen atoms in total. The molecule has 0 aliphatic heterocycles. The summed E-state index contributed by atoms with van der Waals surface area (Å²) in [6.07, 6.45) is 2.31. The largest absolute Gasteiger partial charge is 0.388 e. The van der Waals surface area contributed by atoms with Crippen LogP contribution in [0.15, 0.2) is 29.2 Å². The van der Waals surface area contributed by atoms with E-state index in [0.29, 0.717) is 26.1 Å². The molecule has 0 radical (unpaired) electrons. The zero-order valence-electron chi connectivity index (χ0n) is 11.3. The molecule has 0 saturated carbocycles. The summed E-state index contributed by atoms with van der Waals surface area (Å²) in [5.41, 5.74) is 5.37. The molecule has 1 rings (SSSR count). The number of methoxy groups -OCH3 is 1. The van der Waals surface area contributed by atoms with E-state index in [1.165, 1.54) is 0 Å². The van der Waals surface area contributed by atoms with Crippen LogP contribution in [0.4, 0.5) is 0 Å². The lowest BCUT2D eigenvalue weighted by Crippen LogP contribution is -2.35. The van der Waals surface area contributed by atoms with Gasteiger partial charge < -0.3 is 15.0 Å². The highest BCUT2D eigenvalue weighted by molar-refractivity contribution is 5.76. The van der Waals surface area contributed by atoms with Crippen LogP contribution >= 0.6 is 0 Å². The Labute approximate surface area is 113 Å². The molecule has 0 aliphatic rings. The first kappa shape index (κ1) is 15.4. The molecule has 1 heterocycles. The van der Waals surface area contributed by atoms with Gasteiger partial charge in [0.25, 0.3) is 5.56 Å². The third-order valence-corrected chi connectivity index (χ3v) is 2.87. The zero-order chi connectivity index (χ0) is 14.1. The van der Waals surface area contributed by atoms with Gasteiger partial charge in [-0.2, -0.15) is 0 Å². The fourth-order valence-electron chi connectivity index (χ4n) is 1.73. The highest BCUT2D eigenvalue weighted by Crippen LogP contribution is 1.94. The van der Waals surface area contributed by atoms with Crippen molar-refractivity contribution in [2.75, 3.05) is 33.4 Å². The predicted molar refractivity (Wildman–Crippen MR) is 75.5 cm³/mol. The lowest BCUT2D eigenvalue weighted by Gasteiger charge is -2.22. The Balaban J connectivity index is 2.49. The van der Waals surface area contributed by atoms with E-state index in [1.807, 2.05) is 6.07 Å². The van der Waals surface area contributed by atoms with E-state index >= 15 is 0 Å². The minimum Gasteiger partial charge on any atom is -0.388 e. The summed E-state index contributed by atoms with van der Waals surface area (Å²) >= 11 is 0. The van der Waals surface area contributed by atoms with Crippen LogP contribution < -0.4 is 11.3 Å².